The second-order valence-corrected chi connectivity index (χ2v) is 6.24. The molecular weight excluding hydrogens is 312 g/mol. The van der Waals surface area contributed by atoms with E-state index in [0.29, 0.717) is 0 Å². The highest BCUT2D eigenvalue weighted by atomic mass is 16.5. The van der Waals surface area contributed by atoms with Gasteiger partial charge in [0.25, 0.3) is 0 Å². The van der Waals surface area contributed by atoms with Crippen LogP contribution in [0, 0.1) is 6.92 Å². The number of rotatable bonds is 4. The second-order valence-electron chi connectivity index (χ2n) is 6.24. The minimum atomic E-state index is -0.254. The van der Waals surface area contributed by atoms with Gasteiger partial charge in [-0.15, -0.1) is 0 Å². The van der Waals surface area contributed by atoms with Gasteiger partial charge in [0.15, 0.2) is 0 Å². The number of fused-ring (bicyclic) bond motifs is 2. The summed E-state index contributed by atoms with van der Waals surface area (Å²) in [6, 6.07) is 20.1. The lowest BCUT2D eigenvalue weighted by Crippen LogP contribution is -2.08. The summed E-state index contributed by atoms with van der Waals surface area (Å²) in [5.41, 5.74) is 3.81. The Morgan fingerprint density at radius 1 is 0.960 bits per heavy atom. The molecule has 4 aromatic rings. The number of carbonyl (C=O) groups is 1. The third-order valence-corrected chi connectivity index (χ3v) is 4.41. The lowest BCUT2D eigenvalue weighted by Gasteiger charge is -2.08. The van der Waals surface area contributed by atoms with E-state index in [2.05, 4.69) is 12.1 Å². The maximum atomic E-state index is 12.3. The maximum absolute atomic E-state index is 12.3. The smallest absolute Gasteiger partial charge is 0.310 e. The Labute approximate surface area is 145 Å². The van der Waals surface area contributed by atoms with Crippen LogP contribution in [0.15, 0.2) is 71.3 Å². The number of furan rings is 1. The molecule has 0 aliphatic heterocycles. The molecule has 124 valence electrons. The molecule has 25 heavy (non-hydrogen) atoms. The molecule has 0 fully saturated rings. The van der Waals surface area contributed by atoms with Crippen LogP contribution in [0.25, 0.3) is 21.7 Å². The van der Waals surface area contributed by atoms with Crippen LogP contribution in [0.1, 0.15) is 16.7 Å². The van der Waals surface area contributed by atoms with Crippen LogP contribution >= 0.6 is 0 Å². The summed E-state index contributed by atoms with van der Waals surface area (Å²) in [6.45, 7) is 2.29. The van der Waals surface area contributed by atoms with Crippen molar-refractivity contribution in [1.29, 1.82) is 0 Å². The van der Waals surface area contributed by atoms with E-state index in [9.17, 15) is 4.79 Å². The predicted molar refractivity (Wildman–Crippen MR) is 98.4 cm³/mol. The maximum Gasteiger partial charge on any atom is 0.310 e. The van der Waals surface area contributed by atoms with Crippen molar-refractivity contribution in [1.82, 2.24) is 0 Å². The van der Waals surface area contributed by atoms with Crippen molar-refractivity contribution >= 4 is 27.7 Å². The molecule has 0 bridgehead atoms. The molecule has 0 unspecified atom stereocenters. The first-order valence-corrected chi connectivity index (χ1v) is 8.30. The molecule has 0 atom stereocenters. The highest BCUT2D eigenvalue weighted by molar-refractivity contribution is 5.87. The van der Waals surface area contributed by atoms with E-state index in [1.165, 1.54) is 0 Å². The van der Waals surface area contributed by atoms with Crippen LogP contribution < -0.4 is 0 Å². The number of benzene rings is 3. The molecule has 3 heteroatoms. The van der Waals surface area contributed by atoms with Crippen LogP contribution in [0.5, 0.6) is 0 Å². The first kappa shape index (κ1) is 15.5. The number of carbonyl (C=O) groups excluding carboxylic acids is 1. The van der Waals surface area contributed by atoms with E-state index in [1.807, 2.05) is 55.5 Å². The number of ether oxygens (including phenoxy) is 1. The molecule has 0 N–H and O–H groups in total. The molecule has 1 aromatic heterocycles. The van der Waals surface area contributed by atoms with Crippen molar-refractivity contribution in [2.45, 2.75) is 20.0 Å². The quantitative estimate of drug-likeness (QED) is 0.484. The van der Waals surface area contributed by atoms with E-state index in [0.717, 1.165) is 38.4 Å². The van der Waals surface area contributed by atoms with Gasteiger partial charge in [-0.25, -0.2) is 0 Å². The lowest BCUT2D eigenvalue weighted by molar-refractivity contribution is -0.144. The molecule has 0 saturated carbocycles. The van der Waals surface area contributed by atoms with Crippen LogP contribution in [0.4, 0.5) is 0 Å². The van der Waals surface area contributed by atoms with Gasteiger partial charge in [0, 0.05) is 10.9 Å². The second kappa shape index (κ2) is 6.44. The highest BCUT2D eigenvalue weighted by Crippen LogP contribution is 2.23. The Morgan fingerprint density at radius 3 is 2.72 bits per heavy atom. The van der Waals surface area contributed by atoms with Gasteiger partial charge in [0.2, 0.25) is 0 Å². The zero-order valence-electron chi connectivity index (χ0n) is 14.0. The fraction of sp³-hybridized carbons (Fsp3) is 0.136. The first-order valence-electron chi connectivity index (χ1n) is 8.30. The topological polar surface area (TPSA) is 39.4 Å². The number of aryl methyl sites for hydroxylation is 1. The van der Waals surface area contributed by atoms with Gasteiger partial charge >= 0.3 is 5.97 Å². The van der Waals surface area contributed by atoms with Gasteiger partial charge < -0.3 is 9.15 Å². The highest BCUT2D eigenvalue weighted by Gasteiger charge is 2.12. The van der Waals surface area contributed by atoms with Crippen molar-refractivity contribution in [3.63, 3.8) is 0 Å². The first-order chi connectivity index (χ1) is 12.2. The van der Waals surface area contributed by atoms with Gasteiger partial charge in [0.1, 0.15) is 12.2 Å². The Morgan fingerprint density at radius 2 is 1.80 bits per heavy atom. The summed E-state index contributed by atoms with van der Waals surface area (Å²) < 4.78 is 11.0. The van der Waals surface area contributed by atoms with Crippen molar-refractivity contribution in [2.24, 2.45) is 0 Å². The van der Waals surface area contributed by atoms with E-state index >= 15 is 0 Å². The summed E-state index contributed by atoms with van der Waals surface area (Å²) in [6.07, 6.45) is 1.85. The van der Waals surface area contributed by atoms with Crippen LogP contribution in [-0.4, -0.2) is 5.97 Å². The van der Waals surface area contributed by atoms with Crippen LogP contribution in [-0.2, 0) is 22.6 Å². The molecule has 0 aliphatic carbocycles. The number of hydrogen-bond donors (Lipinski definition) is 0. The lowest BCUT2D eigenvalue weighted by atomic mass is 10.1. The van der Waals surface area contributed by atoms with Crippen molar-refractivity contribution in [3.05, 3.63) is 83.6 Å². The summed E-state index contributed by atoms with van der Waals surface area (Å²) in [4.78, 5) is 12.3. The Bertz CT molecular complexity index is 1050. The van der Waals surface area contributed by atoms with Gasteiger partial charge in [-0.2, -0.15) is 0 Å². The molecule has 0 radical (unpaired) electrons. The molecule has 3 nitrogen and oxygen atoms in total. The molecule has 0 aliphatic rings. The largest absolute Gasteiger partial charge is 0.464 e. The standard InChI is InChI=1S/C22H18O3/c1-15-9-10-20-18(14-24-21(20)11-15)12-22(23)25-13-17-7-4-6-16-5-2-3-8-19(16)17/h2-11,14H,12-13H2,1H3. The average Bonchev–Trinajstić information content (AvgIpc) is 3.01. The van der Waals surface area contributed by atoms with Crippen molar-refractivity contribution < 1.29 is 13.9 Å². The summed E-state index contributed by atoms with van der Waals surface area (Å²) in [5.74, 6) is -0.254. The summed E-state index contributed by atoms with van der Waals surface area (Å²) in [7, 11) is 0. The summed E-state index contributed by atoms with van der Waals surface area (Å²) >= 11 is 0. The Kier molecular flexibility index (Phi) is 3.98. The third kappa shape index (κ3) is 3.13. The minimum Gasteiger partial charge on any atom is -0.464 e. The Hall–Kier alpha value is -3.07. The third-order valence-electron chi connectivity index (χ3n) is 4.41. The predicted octanol–water partition coefficient (Wildman–Crippen LogP) is 5.18. The van der Waals surface area contributed by atoms with Gasteiger partial charge in [0.05, 0.1) is 12.7 Å². The normalized spacial score (nSPS) is 11.1. The Balaban J connectivity index is 1.48. The van der Waals surface area contributed by atoms with Gasteiger partial charge in [-0.1, -0.05) is 54.6 Å². The monoisotopic (exact) mass is 330 g/mol. The number of hydrogen-bond acceptors (Lipinski definition) is 3. The molecule has 1 heterocycles. The zero-order chi connectivity index (χ0) is 17.2. The fourth-order valence-corrected chi connectivity index (χ4v) is 3.11. The fourth-order valence-electron chi connectivity index (χ4n) is 3.11. The zero-order valence-corrected chi connectivity index (χ0v) is 14.0. The van der Waals surface area contributed by atoms with E-state index < -0.39 is 0 Å². The average molecular weight is 330 g/mol. The van der Waals surface area contributed by atoms with Gasteiger partial charge in [-0.3, -0.25) is 4.79 Å². The molecule has 3 aromatic carbocycles. The summed E-state index contributed by atoms with van der Waals surface area (Å²) in [5, 5.41) is 3.22. The van der Waals surface area contributed by atoms with Gasteiger partial charge in [-0.05, 0) is 34.9 Å². The van der Waals surface area contributed by atoms with Crippen molar-refractivity contribution in [3.8, 4) is 0 Å². The van der Waals surface area contributed by atoms with Crippen LogP contribution in [0.3, 0.4) is 0 Å². The molecule has 4 rings (SSSR count). The minimum absolute atomic E-state index is 0.209. The van der Waals surface area contributed by atoms with Crippen LogP contribution in [0.2, 0.25) is 0 Å². The molecule has 0 saturated heterocycles. The molecule has 0 spiro atoms. The SMILES string of the molecule is Cc1ccc2c(CC(=O)OCc3cccc4ccccc34)coc2c1. The molecule has 0 amide bonds. The van der Waals surface area contributed by atoms with E-state index in [1.54, 1.807) is 6.26 Å². The van der Waals surface area contributed by atoms with Crippen molar-refractivity contribution in [2.75, 3.05) is 0 Å². The molecular formula is C22H18O3. The van der Waals surface area contributed by atoms with E-state index in [4.69, 9.17) is 9.15 Å². The van der Waals surface area contributed by atoms with E-state index in [-0.39, 0.29) is 19.0 Å². The number of esters is 1.